The molecule has 2 atom stereocenters. The van der Waals surface area contributed by atoms with E-state index >= 15 is 0 Å². The number of esters is 1. The number of halogens is 1. The molecule has 7 rings (SSSR count). The minimum absolute atomic E-state index is 0. The Hall–Kier alpha value is -1.10. The van der Waals surface area contributed by atoms with E-state index in [-0.39, 0.29) is 29.7 Å². The molecule has 0 amide bonds. The lowest BCUT2D eigenvalue weighted by Gasteiger charge is -2.62. The van der Waals surface area contributed by atoms with Crippen LogP contribution in [0.15, 0.2) is 30.3 Å². The third kappa shape index (κ3) is 3.22. The molecular formula is C25H34ClNO3. The van der Waals surface area contributed by atoms with E-state index in [1.807, 2.05) is 0 Å². The van der Waals surface area contributed by atoms with Crippen molar-refractivity contribution in [3.63, 3.8) is 0 Å². The first-order valence-corrected chi connectivity index (χ1v) is 11.7. The molecule has 4 bridgehead atoms. The predicted octanol–water partition coefficient (Wildman–Crippen LogP) is 4.42. The molecule has 4 saturated carbocycles. The lowest BCUT2D eigenvalue weighted by molar-refractivity contribution is -0.198. The van der Waals surface area contributed by atoms with Crippen molar-refractivity contribution >= 4 is 18.4 Å². The molecule has 6 fully saturated rings. The Labute approximate surface area is 186 Å². The van der Waals surface area contributed by atoms with Crippen LogP contribution in [0.4, 0.5) is 0 Å². The Morgan fingerprint density at radius 3 is 2.10 bits per heavy atom. The van der Waals surface area contributed by atoms with Gasteiger partial charge in [-0.05, 0) is 61.8 Å². The number of benzene rings is 1. The maximum absolute atomic E-state index is 13.2. The van der Waals surface area contributed by atoms with E-state index in [1.165, 1.54) is 44.1 Å². The summed E-state index contributed by atoms with van der Waals surface area (Å²) in [7, 11) is 0. The minimum atomic E-state index is -0.418. The highest BCUT2D eigenvalue weighted by Crippen LogP contribution is 2.69. The van der Waals surface area contributed by atoms with Crippen LogP contribution in [0.3, 0.4) is 0 Å². The normalized spacial score (nSPS) is 42.7. The van der Waals surface area contributed by atoms with Gasteiger partial charge < -0.3 is 9.47 Å². The fourth-order valence-corrected chi connectivity index (χ4v) is 8.08. The second-order valence-corrected chi connectivity index (χ2v) is 10.6. The van der Waals surface area contributed by atoms with Crippen molar-refractivity contribution in [1.82, 2.24) is 4.90 Å². The van der Waals surface area contributed by atoms with Gasteiger partial charge in [0.2, 0.25) is 0 Å². The van der Waals surface area contributed by atoms with E-state index in [1.54, 1.807) is 0 Å². The molecular weight excluding hydrogens is 398 g/mol. The highest BCUT2D eigenvalue weighted by atomic mass is 35.5. The summed E-state index contributed by atoms with van der Waals surface area (Å²) in [5.74, 6) is 2.56. The Bertz CT molecular complexity index is 743. The molecule has 2 heterocycles. The van der Waals surface area contributed by atoms with E-state index in [0.29, 0.717) is 0 Å². The summed E-state index contributed by atoms with van der Waals surface area (Å²) in [4.78, 5) is 15.6. The van der Waals surface area contributed by atoms with Crippen LogP contribution in [0.2, 0.25) is 0 Å². The second-order valence-electron chi connectivity index (χ2n) is 10.6. The summed E-state index contributed by atoms with van der Waals surface area (Å²) in [5.41, 5.74) is 0.983. The van der Waals surface area contributed by atoms with Gasteiger partial charge in [-0.2, -0.15) is 0 Å². The van der Waals surface area contributed by atoms with Crippen LogP contribution >= 0.6 is 12.4 Å². The van der Waals surface area contributed by atoms with E-state index in [0.717, 1.165) is 57.0 Å². The van der Waals surface area contributed by atoms with Gasteiger partial charge in [0.15, 0.2) is 0 Å². The van der Waals surface area contributed by atoms with Crippen LogP contribution < -0.4 is 0 Å². The van der Waals surface area contributed by atoms with Crippen molar-refractivity contribution in [1.29, 1.82) is 0 Å². The van der Waals surface area contributed by atoms with E-state index in [2.05, 4.69) is 35.2 Å². The van der Waals surface area contributed by atoms with Gasteiger partial charge in [0.1, 0.15) is 5.60 Å². The molecule has 5 heteroatoms. The first-order chi connectivity index (χ1) is 14.2. The summed E-state index contributed by atoms with van der Waals surface area (Å²) in [6.07, 6.45) is 8.86. The number of cyclic esters (lactones) is 1. The van der Waals surface area contributed by atoms with E-state index < -0.39 is 5.60 Å². The predicted molar refractivity (Wildman–Crippen MR) is 117 cm³/mol. The Balaban J connectivity index is 0.00000193. The number of hydrogen-bond acceptors (Lipinski definition) is 4. The summed E-state index contributed by atoms with van der Waals surface area (Å²) in [6, 6.07) is 10.8. The maximum atomic E-state index is 13.2. The zero-order valence-electron chi connectivity index (χ0n) is 17.8. The molecule has 164 valence electrons. The monoisotopic (exact) mass is 431 g/mol. The van der Waals surface area contributed by atoms with Crippen LogP contribution in [0.5, 0.6) is 0 Å². The average Bonchev–Trinajstić information content (AvgIpc) is 3.06. The standard InChI is InChI=1S/C25H33NO3.ClH/c27-23-21(17-26-6-8-28-9-7-26)16-25(29-23,22-4-2-1-3-5-22)24-13-18-10-19(14-24)12-20(11-18)15-24;/h1-5,18-21H,6-17H2;1H. The highest BCUT2D eigenvalue weighted by molar-refractivity contribution is 5.85. The number of hydrogen-bond donors (Lipinski definition) is 0. The molecule has 4 nitrogen and oxygen atoms in total. The highest BCUT2D eigenvalue weighted by Gasteiger charge is 2.66. The van der Waals surface area contributed by atoms with Crippen molar-refractivity contribution < 1.29 is 14.3 Å². The SMILES string of the molecule is Cl.O=C1OC(c2ccccc2)(C23CC4CC(CC(C4)C2)C3)CC1CN1CCOCC1. The summed E-state index contributed by atoms with van der Waals surface area (Å²) < 4.78 is 12.1. The number of ether oxygens (including phenoxy) is 2. The van der Waals surface area contributed by atoms with Gasteiger partial charge in [0.05, 0.1) is 19.1 Å². The van der Waals surface area contributed by atoms with Crippen molar-refractivity contribution in [3.8, 4) is 0 Å². The number of rotatable bonds is 4. The second kappa shape index (κ2) is 7.79. The zero-order valence-corrected chi connectivity index (χ0v) is 18.6. The molecule has 1 aromatic carbocycles. The lowest BCUT2D eigenvalue weighted by Crippen LogP contribution is -2.56. The Morgan fingerprint density at radius 1 is 0.900 bits per heavy atom. The topological polar surface area (TPSA) is 38.8 Å². The van der Waals surface area contributed by atoms with Gasteiger partial charge in [-0.1, -0.05) is 30.3 Å². The summed E-state index contributed by atoms with van der Waals surface area (Å²) in [5, 5.41) is 0. The smallest absolute Gasteiger partial charge is 0.311 e. The molecule has 2 saturated heterocycles. The summed E-state index contributed by atoms with van der Waals surface area (Å²) in [6.45, 7) is 4.24. The molecule has 0 radical (unpaired) electrons. The molecule has 0 N–H and O–H groups in total. The van der Waals surface area contributed by atoms with Gasteiger partial charge in [0, 0.05) is 31.5 Å². The molecule has 30 heavy (non-hydrogen) atoms. The van der Waals surface area contributed by atoms with Crippen molar-refractivity contribution in [3.05, 3.63) is 35.9 Å². The number of nitrogens with zero attached hydrogens (tertiary/aromatic N) is 1. The number of carbonyl (C=O) groups excluding carboxylic acids is 1. The van der Waals surface area contributed by atoms with Crippen molar-refractivity contribution in [2.75, 3.05) is 32.8 Å². The fraction of sp³-hybridized carbons (Fsp3) is 0.720. The van der Waals surface area contributed by atoms with Crippen molar-refractivity contribution in [2.45, 2.75) is 50.5 Å². The number of carbonyl (C=O) groups is 1. The van der Waals surface area contributed by atoms with Gasteiger partial charge >= 0.3 is 5.97 Å². The van der Waals surface area contributed by atoms with Gasteiger partial charge in [-0.25, -0.2) is 0 Å². The molecule has 0 aromatic heterocycles. The Kier molecular flexibility index (Phi) is 5.40. The van der Waals surface area contributed by atoms with Crippen LogP contribution in [0.25, 0.3) is 0 Å². The van der Waals surface area contributed by atoms with Gasteiger partial charge in [-0.3, -0.25) is 9.69 Å². The molecule has 1 aromatic rings. The largest absolute Gasteiger partial charge is 0.453 e. The molecule has 4 aliphatic carbocycles. The molecule has 2 unspecified atom stereocenters. The Morgan fingerprint density at radius 2 is 1.50 bits per heavy atom. The lowest BCUT2D eigenvalue weighted by atomic mass is 9.44. The van der Waals surface area contributed by atoms with Crippen LogP contribution in [-0.4, -0.2) is 43.7 Å². The molecule has 6 aliphatic rings. The van der Waals surface area contributed by atoms with Crippen LogP contribution in [-0.2, 0) is 19.9 Å². The maximum Gasteiger partial charge on any atom is 0.311 e. The van der Waals surface area contributed by atoms with E-state index in [4.69, 9.17) is 9.47 Å². The van der Waals surface area contributed by atoms with Crippen LogP contribution in [0, 0.1) is 29.1 Å². The quantitative estimate of drug-likeness (QED) is 0.661. The van der Waals surface area contributed by atoms with Gasteiger partial charge in [0.25, 0.3) is 0 Å². The van der Waals surface area contributed by atoms with Crippen molar-refractivity contribution in [2.24, 2.45) is 29.1 Å². The van der Waals surface area contributed by atoms with E-state index in [9.17, 15) is 4.79 Å². The third-order valence-electron chi connectivity index (χ3n) is 8.86. The average molecular weight is 432 g/mol. The fourth-order valence-electron chi connectivity index (χ4n) is 8.08. The molecule has 2 aliphatic heterocycles. The first kappa shape index (κ1) is 20.8. The van der Waals surface area contributed by atoms with Gasteiger partial charge in [-0.15, -0.1) is 12.4 Å². The minimum Gasteiger partial charge on any atom is -0.453 e. The molecule has 0 spiro atoms. The first-order valence-electron chi connectivity index (χ1n) is 11.7. The zero-order chi connectivity index (χ0) is 19.5. The van der Waals surface area contributed by atoms with Crippen LogP contribution in [0.1, 0.15) is 50.5 Å². The number of morpholine rings is 1. The summed E-state index contributed by atoms with van der Waals surface area (Å²) >= 11 is 0. The third-order valence-corrected chi connectivity index (χ3v) is 8.86.